The lowest BCUT2D eigenvalue weighted by Gasteiger charge is -2.18. The maximum Gasteiger partial charge on any atom is 0.231 e. The summed E-state index contributed by atoms with van der Waals surface area (Å²) in [7, 11) is 1.66. The zero-order valence-corrected chi connectivity index (χ0v) is 15.1. The summed E-state index contributed by atoms with van der Waals surface area (Å²) in [4.78, 5) is 0. The van der Waals surface area contributed by atoms with E-state index in [0.29, 0.717) is 6.54 Å². The van der Waals surface area contributed by atoms with E-state index in [-0.39, 0.29) is 13.4 Å². The van der Waals surface area contributed by atoms with Gasteiger partial charge in [-0.3, -0.25) is 0 Å². The smallest absolute Gasteiger partial charge is 0.231 e. The number of pyridine rings is 1. The summed E-state index contributed by atoms with van der Waals surface area (Å²) in [6, 6.07) is 10.4. The number of ether oxygens (including phenoxy) is 3. The Bertz CT molecular complexity index is 1050. The molecule has 0 spiro atoms. The second-order valence-electron chi connectivity index (χ2n) is 6.76. The van der Waals surface area contributed by atoms with E-state index in [0.717, 1.165) is 46.7 Å². The molecule has 0 saturated carbocycles. The van der Waals surface area contributed by atoms with Crippen LogP contribution >= 0.6 is 0 Å². The highest BCUT2D eigenvalue weighted by Gasteiger charge is 2.28. The van der Waals surface area contributed by atoms with Crippen molar-refractivity contribution in [2.45, 2.75) is 13.0 Å². The first-order chi connectivity index (χ1) is 13.3. The molecule has 27 heavy (non-hydrogen) atoms. The number of hydrogen-bond donors (Lipinski definition) is 2. The van der Waals surface area contributed by atoms with Crippen LogP contribution in [0.2, 0.25) is 0 Å². The summed E-state index contributed by atoms with van der Waals surface area (Å²) < 4.78 is 18.9. The number of aromatic nitrogens is 1. The third-order valence-corrected chi connectivity index (χ3v) is 5.26. The second-order valence-corrected chi connectivity index (χ2v) is 6.76. The fourth-order valence-electron chi connectivity index (χ4n) is 3.96. The predicted octanol–water partition coefficient (Wildman–Crippen LogP) is 2.49. The van der Waals surface area contributed by atoms with Gasteiger partial charge in [0, 0.05) is 19.0 Å². The van der Waals surface area contributed by atoms with Crippen LogP contribution in [0.5, 0.6) is 17.2 Å². The second kappa shape index (κ2) is 6.32. The Morgan fingerprint density at radius 3 is 2.85 bits per heavy atom. The number of methoxy groups -OCH3 is 1. The molecule has 5 rings (SSSR count). The maximum absolute atomic E-state index is 9.21. The molecule has 2 aliphatic heterocycles. The van der Waals surface area contributed by atoms with E-state index in [1.54, 1.807) is 7.11 Å². The molecule has 2 N–H and O–H groups in total. The Morgan fingerprint density at radius 1 is 1.19 bits per heavy atom. The molecule has 3 heterocycles. The van der Waals surface area contributed by atoms with Crippen molar-refractivity contribution in [2.75, 3.05) is 32.4 Å². The molecule has 0 fully saturated rings. The van der Waals surface area contributed by atoms with E-state index in [1.807, 2.05) is 6.07 Å². The lowest BCUT2D eigenvalue weighted by Crippen LogP contribution is -2.40. The average molecular weight is 365 g/mol. The molecule has 3 aromatic rings. The quantitative estimate of drug-likeness (QED) is 0.696. The first-order valence-electron chi connectivity index (χ1n) is 9.10. The molecule has 0 unspecified atom stereocenters. The molecule has 1 aromatic heterocycles. The third kappa shape index (κ3) is 2.56. The van der Waals surface area contributed by atoms with Gasteiger partial charge in [-0.15, -0.1) is 0 Å². The summed E-state index contributed by atoms with van der Waals surface area (Å²) >= 11 is 0. The number of nitrogens with zero attached hydrogens (tertiary/aromatic N) is 1. The maximum atomic E-state index is 9.21. The van der Waals surface area contributed by atoms with Crippen LogP contribution in [0, 0.1) is 0 Å². The number of benzene rings is 2. The van der Waals surface area contributed by atoms with Gasteiger partial charge in [0.1, 0.15) is 5.75 Å². The van der Waals surface area contributed by atoms with Gasteiger partial charge in [-0.1, -0.05) is 6.07 Å². The highest BCUT2D eigenvalue weighted by molar-refractivity contribution is 5.97. The van der Waals surface area contributed by atoms with Gasteiger partial charge in [-0.2, -0.15) is 4.57 Å². The van der Waals surface area contributed by atoms with E-state index >= 15 is 0 Å². The molecule has 0 amide bonds. The number of aryl methyl sites for hydroxylation is 2. The highest BCUT2D eigenvalue weighted by Crippen LogP contribution is 2.41. The van der Waals surface area contributed by atoms with Gasteiger partial charge in [0.2, 0.25) is 12.5 Å². The topological polar surface area (TPSA) is 63.8 Å². The Labute approximate surface area is 156 Å². The first kappa shape index (κ1) is 16.2. The predicted molar refractivity (Wildman–Crippen MR) is 102 cm³/mol. The number of fused-ring (bicyclic) bond motifs is 5. The van der Waals surface area contributed by atoms with Gasteiger partial charge in [-0.25, -0.2) is 0 Å². The summed E-state index contributed by atoms with van der Waals surface area (Å²) in [5, 5.41) is 14.7. The van der Waals surface area contributed by atoms with E-state index in [1.165, 1.54) is 16.8 Å². The molecule has 2 aliphatic rings. The number of hydrogen-bond acceptors (Lipinski definition) is 5. The average Bonchev–Trinajstić information content (AvgIpc) is 3.16. The standard InChI is InChI=1S/C21H20N2O4/c1-25-18-3-2-13-8-17-15-10-20-19(26-12-27-20)9-14(15)4-6-23(17)11-16(13)21(18)22-5-7-24/h2-3,8-11,24H,4-7,12H2,1H3/p+1. The molecule has 0 saturated heterocycles. The number of nitrogens with one attached hydrogen (secondary N) is 1. The summed E-state index contributed by atoms with van der Waals surface area (Å²) in [5.74, 6) is 2.42. The van der Waals surface area contributed by atoms with Crippen LogP contribution in [-0.4, -0.2) is 32.2 Å². The lowest BCUT2D eigenvalue weighted by atomic mass is 9.95. The minimum Gasteiger partial charge on any atom is -0.495 e. The summed E-state index contributed by atoms with van der Waals surface area (Å²) in [6.45, 7) is 1.73. The molecule has 138 valence electrons. The normalized spacial score (nSPS) is 14.0. The molecule has 0 radical (unpaired) electrons. The zero-order valence-electron chi connectivity index (χ0n) is 15.1. The van der Waals surface area contributed by atoms with E-state index in [9.17, 15) is 5.11 Å². The molecule has 6 nitrogen and oxygen atoms in total. The lowest BCUT2D eigenvalue weighted by molar-refractivity contribution is -0.686. The monoisotopic (exact) mass is 365 g/mol. The molecular weight excluding hydrogens is 344 g/mol. The van der Waals surface area contributed by atoms with Crippen LogP contribution in [0.25, 0.3) is 22.0 Å². The van der Waals surface area contributed by atoms with Crippen LogP contribution < -0.4 is 24.1 Å². The molecular formula is C21H21N2O4+. The van der Waals surface area contributed by atoms with E-state index in [4.69, 9.17) is 14.2 Å². The van der Waals surface area contributed by atoms with Gasteiger partial charge in [0.05, 0.1) is 30.4 Å². The summed E-state index contributed by atoms with van der Waals surface area (Å²) in [6.07, 6.45) is 3.11. The molecule has 0 atom stereocenters. The number of rotatable bonds is 4. The minimum absolute atomic E-state index is 0.0676. The Kier molecular flexibility index (Phi) is 3.79. The van der Waals surface area contributed by atoms with E-state index < -0.39 is 0 Å². The largest absolute Gasteiger partial charge is 0.495 e. The van der Waals surface area contributed by atoms with Gasteiger partial charge >= 0.3 is 0 Å². The van der Waals surface area contributed by atoms with Crippen LogP contribution in [0.3, 0.4) is 0 Å². The third-order valence-electron chi connectivity index (χ3n) is 5.26. The Balaban J connectivity index is 1.69. The van der Waals surface area contributed by atoms with Crippen LogP contribution in [0.4, 0.5) is 5.69 Å². The van der Waals surface area contributed by atoms with Gasteiger partial charge in [0.25, 0.3) is 0 Å². The molecule has 6 heteroatoms. The number of aliphatic hydroxyl groups is 1. The zero-order chi connectivity index (χ0) is 18.4. The highest BCUT2D eigenvalue weighted by atomic mass is 16.7. The summed E-state index contributed by atoms with van der Waals surface area (Å²) in [5.41, 5.74) is 4.55. The van der Waals surface area contributed by atoms with Crippen molar-refractivity contribution in [3.05, 3.63) is 42.1 Å². The van der Waals surface area contributed by atoms with Crippen LogP contribution in [0.1, 0.15) is 5.56 Å². The fourth-order valence-corrected chi connectivity index (χ4v) is 3.96. The number of anilines is 1. The van der Waals surface area contributed by atoms with Crippen molar-refractivity contribution in [2.24, 2.45) is 0 Å². The van der Waals surface area contributed by atoms with Crippen LogP contribution in [0.15, 0.2) is 36.5 Å². The Morgan fingerprint density at radius 2 is 2.04 bits per heavy atom. The minimum atomic E-state index is 0.0676. The van der Waals surface area contributed by atoms with Crippen molar-refractivity contribution in [3.63, 3.8) is 0 Å². The Hall–Kier alpha value is -2.99. The van der Waals surface area contributed by atoms with Crippen molar-refractivity contribution in [3.8, 4) is 28.5 Å². The molecule has 0 aliphatic carbocycles. The fraction of sp³-hybridized carbons (Fsp3) is 0.286. The SMILES string of the molecule is COc1ccc2cc3[n+](cc2c1NCCO)CCc1cc2c(cc1-3)OCO2. The van der Waals surface area contributed by atoms with Crippen molar-refractivity contribution < 1.29 is 23.9 Å². The van der Waals surface area contributed by atoms with Crippen molar-refractivity contribution >= 4 is 16.5 Å². The van der Waals surface area contributed by atoms with Gasteiger partial charge in [0.15, 0.2) is 24.2 Å². The van der Waals surface area contributed by atoms with E-state index in [2.05, 4.69) is 40.3 Å². The molecule has 0 bridgehead atoms. The van der Waals surface area contributed by atoms with Crippen LogP contribution in [-0.2, 0) is 13.0 Å². The first-order valence-corrected chi connectivity index (χ1v) is 9.10. The van der Waals surface area contributed by atoms with Gasteiger partial charge < -0.3 is 24.6 Å². The van der Waals surface area contributed by atoms with Crippen molar-refractivity contribution in [1.29, 1.82) is 0 Å². The van der Waals surface area contributed by atoms with Crippen molar-refractivity contribution in [1.82, 2.24) is 0 Å². The molecule has 2 aromatic carbocycles. The number of aliphatic hydroxyl groups excluding tert-OH is 1. The van der Waals surface area contributed by atoms with Gasteiger partial charge in [-0.05, 0) is 29.1 Å².